The summed E-state index contributed by atoms with van der Waals surface area (Å²) in [5.74, 6) is -0.305. The second-order valence-corrected chi connectivity index (χ2v) is 5.62. The van der Waals surface area contributed by atoms with Gasteiger partial charge in [0, 0.05) is 16.9 Å². The summed E-state index contributed by atoms with van der Waals surface area (Å²) in [6.45, 7) is 0.584. The molecule has 0 fully saturated rings. The van der Waals surface area contributed by atoms with E-state index >= 15 is 0 Å². The number of fused-ring (bicyclic) bond motifs is 1. The SMILES string of the molecule is COC(=O)c1ccccc1CNc1ccc2sccc2c1. The third-order valence-corrected chi connectivity index (χ3v) is 4.26. The fourth-order valence-electron chi connectivity index (χ4n) is 2.26. The number of rotatable bonds is 4. The first-order valence-electron chi connectivity index (χ1n) is 6.65. The minimum Gasteiger partial charge on any atom is -0.465 e. The van der Waals surface area contributed by atoms with Gasteiger partial charge in [0.1, 0.15) is 0 Å². The molecule has 0 bridgehead atoms. The van der Waals surface area contributed by atoms with Crippen molar-refractivity contribution in [3.63, 3.8) is 0 Å². The molecular weight excluding hydrogens is 282 g/mol. The van der Waals surface area contributed by atoms with Crippen LogP contribution in [0.2, 0.25) is 0 Å². The molecule has 3 nitrogen and oxygen atoms in total. The number of anilines is 1. The van der Waals surface area contributed by atoms with Gasteiger partial charge in [0.05, 0.1) is 12.7 Å². The summed E-state index contributed by atoms with van der Waals surface area (Å²) in [4.78, 5) is 11.7. The van der Waals surface area contributed by atoms with Crippen molar-refractivity contribution < 1.29 is 9.53 Å². The quantitative estimate of drug-likeness (QED) is 0.730. The van der Waals surface area contributed by atoms with Gasteiger partial charge in [0.2, 0.25) is 0 Å². The van der Waals surface area contributed by atoms with Gasteiger partial charge in [-0.2, -0.15) is 0 Å². The van der Waals surface area contributed by atoms with Gasteiger partial charge in [0.25, 0.3) is 0 Å². The fourth-order valence-corrected chi connectivity index (χ4v) is 3.03. The average molecular weight is 297 g/mol. The molecule has 1 N–H and O–H groups in total. The minimum absolute atomic E-state index is 0.305. The first kappa shape index (κ1) is 13.6. The lowest BCUT2D eigenvalue weighted by molar-refractivity contribution is 0.0599. The number of hydrogen-bond acceptors (Lipinski definition) is 4. The van der Waals surface area contributed by atoms with Crippen molar-refractivity contribution in [2.75, 3.05) is 12.4 Å². The smallest absolute Gasteiger partial charge is 0.338 e. The third-order valence-electron chi connectivity index (χ3n) is 3.36. The van der Waals surface area contributed by atoms with Gasteiger partial charge < -0.3 is 10.1 Å². The van der Waals surface area contributed by atoms with Crippen LogP contribution in [0.15, 0.2) is 53.9 Å². The van der Waals surface area contributed by atoms with Crippen molar-refractivity contribution in [3.8, 4) is 0 Å². The maximum absolute atomic E-state index is 11.7. The minimum atomic E-state index is -0.305. The first-order valence-corrected chi connectivity index (χ1v) is 7.53. The number of ether oxygens (including phenoxy) is 1. The zero-order chi connectivity index (χ0) is 14.7. The molecule has 0 spiro atoms. The van der Waals surface area contributed by atoms with E-state index in [4.69, 9.17) is 4.74 Å². The molecule has 3 aromatic rings. The molecule has 0 saturated heterocycles. The van der Waals surface area contributed by atoms with Gasteiger partial charge in [-0.05, 0) is 46.7 Å². The topological polar surface area (TPSA) is 38.3 Å². The standard InChI is InChI=1S/C17H15NO2S/c1-20-17(19)15-5-3-2-4-13(15)11-18-14-6-7-16-12(10-14)8-9-21-16/h2-10,18H,11H2,1H3. The lowest BCUT2D eigenvalue weighted by Gasteiger charge is -2.10. The molecule has 0 aliphatic rings. The highest BCUT2D eigenvalue weighted by Crippen LogP contribution is 2.24. The Labute approximate surface area is 127 Å². The molecule has 1 aromatic heterocycles. The van der Waals surface area contributed by atoms with Gasteiger partial charge in [-0.15, -0.1) is 11.3 Å². The summed E-state index contributed by atoms with van der Waals surface area (Å²) >= 11 is 1.73. The lowest BCUT2D eigenvalue weighted by atomic mass is 10.1. The van der Waals surface area contributed by atoms with Gasteiger partial charge in [-0.25, -0.2) is 4.79 Å². The molecule has 0 saturated carbocycles. The van der Waals surface area contributed by atoms with Gasteiger partial charge >= 0.3 is 5.97 Å². The number of thiophene rings is 1. The molecule has 21 heavy (non-hydrogen) atoms. The highest BCUT2D eigenvalue weighted by atomic mass is 32.1. The molecule has 0 aliphatic heterocycles. The van der Waals surface area contributed by atoms with Crippen LogP contribution in [0.25, 0.3) is 10.1 Å². The van der Waals surface area contributed by atoms with E-state index in [1.807, 2.05) is 18.2 Å². The van der Waals surface area contributed by atoms with E-state index in [2.05, 4.69) is 35.0 Å². The van der Waals surface area contributed by atoms with Crippen LogP contribution in [0.4, 0.5) is 5.69 Å². The van der Waals surface area contributed by atoms with Crippen LogP contribution < -0.4 is 5.32 Å². The predicted octanol–water partition coefficient (Wildman–Crippen LogP) is 4.30. The number of carbonyl (C=O) groups is 1. The molecule has 0 atom stereocenters. The fraction of sp³-hybridized carbons (Fsp3) is 0.118. The van der Waals surface area contributed by atoms with Crippen molar-refractivity contribution in [2.24, 2.45) is 0 Å². The zero-order valence-electron chi connectivity index (χ0n) is 11.6. The summed E-state index contributed by atoms with van der Waals surface area (Å²) in [6.07, 6.45) is 0. The van der Waals surface area contributed by atoms with Crippen LogP contribution in [0, 0.1) is 0 Å². The largest absolute Gasteiger partial charge is 0.465 e. The maximum atomic E-state index is 11.7. The van der Waals surface area contributed by atoms with Crippen molar-refractivity contribution in [2.45, 2.75) is 6.54 Å². The van der Waals surface area contributed by atoms with Crippen molar-refractivity contribution in [1.29, 1.82) is 0 Å². The zero-order valence-corrected chi connectivity index (χ0v) is 12.4. The van der Waals surface area contributed by atoms with E-state index in [1.54, 1.807) is 17.4 Å². The highest BCUT2D eigenvalue weighted by molar-refractivity contribution is 7.17. The van der Waals surface area contributed by atoms with Crippen LogP contribution in [-0.2, 0) is 11.3 Å². The lowest BCUT2D eigenvalue weighted by Crippen LogP contribution is -2.08. The molecule has 2 aromatic carbocycles. The number of methoxy groups -OCH3 is 1. The van der Waals surface area contributed by atoms with E-state index in [0.29, 0.717) is 12.1 Å². The van der Waals surface area contributed by atoms with E-state index in [0.717, 1.165) is 11.3 Å². The molecule has 0 unspecified atom stereocenters. The average Bonchev–Trinajstić information content (AvgIpc) is 3.00. The van der Waals surface area contributed by atoms with E-state index in [-0.39, 0.29) is 5.97 Å². The molecule has 0 amide bonds. The van der Waals surface area contributed by atoms with E-state index in [9.17, 15) is 4.79 Å². The number of benzene rings is 2. The van der Waals surface area contributed by atoms with Gasteiger partial charge in [-0.1, -0.05) is 18.2 Å². The Bertz CT molecular complexity index is 779. The Kier molecular flexibility index (Phi) is 3.88. The molecule has 0 aliphatic carbocycles. The molecule has 106 valence electrons. The van der Waals surface area contributed by atoms with Gasteiger partial charge in [0.15, 0.2) is 0 Å². The Morgan fingerprint density at radius 1 is 1.19 bits per heavy atom. The second kappa shape index (κ2) is 5.97. The Morgan fingerprint density at radius 3 is 2.90 bits per heavy atom. The van der Waals surface area contributed by atoms with Crippen LogP contribution in [-0.4, -0.2) is 13.1 Å². The van der Waals surface area contributed by atoms with Gasteiger partial charge in [-0.3, -0.25) is 0 Å². The van der Waals surface area contributed by atoms with Crippen LogP contribution in [0.1, 0.15) is 15.9 Å². The van der Waals surface area contributed by atoms with Crippen molar-refractivity contribution in [1.82, 2.24) is 0 Å². The Morgan fingerprint density at radius 2 is 2.05 bits per heavy atom. The molecular formula is C17H15NO2S. The number of nitrogens with one attached hydrogen (secondary N) is 1. The molecule has 3 rings (SSSR count). The summed E-state index contributed by atoms with van der Waals surface area (Å²) in [5.41, 5.74) is 2.57. The van der Waals surface area contributed by atoms with E-state index < -0.39 is 0 Å². The summed E-state index contributed by atoms with van der Waals surface area (Å²) in [7, 11) is 1.40. The molecule has 0 radical (unpaired) electrons. The van der Waals surface area contributed by atoms with Crippen LogP contribution in [0.3, 0.4) is 0 Å². The number of hydrogen-bond donors (Lipinski definition) is 1. The van der Waals surface area contributed by atoms with Crippen molar-refractivity contribution >= 4 is 33.1 Å². The van der Waals surface area contributed by atoms with Crippen LogP contribution >= 0.6 is 11.3 Å². The highest BCUT2D eigenvalue weighted by Gasteiger charge is 2.10. The summed E-state index contributed by atoms with van der Waals surface area (Å²) in [5, 5.41) is 6.67. The second-order valence-electron chi connectivity index (χ2n) is 4.68. The molecule has 1 heterocycles. The summed E-state index contributed by atoms with van der Waals surface area (Å²) in [6, 6.07) is 15.9. The third kappa shape index (κ3) is 2.90. The van der Waals surface area contributed by atoms with E-state index in [1.165, 1.54) is 17.2 Å². The van der Waals surface area contributed by atoms with Crippen molar-refractivity contribution in [3.05, 3.63) is 65.0 Å². The molecule has 4 heteroatoms. The Balaban J connectivity index is 1.79. The normalized spacial score (nSPS) is 10.5. The Hall–Kier alpha value is -2.33. The first-order chi connectivity index (χ1) is 10.3. The maximum Gasteiger partial charge on any atom is 0.338 e. The predicted molar refractivity (Wildman–Crippen MR) is 86.9 cm³/mol. The number of esters is 1. The summed E-state index contributed by atoms with van der Waals surface area (Å²) < 4.78 is 6.08. The van der Waals surface area contributed by atoms with Crippen LogP contribution in [0.5, 0.6) is 0 Å². The monoisotopic (exact) mass is 297 g/mol. The number of carbonyl (C=O) groups excluding carboxylic acids is 1.